The summed E-state index contributed by atoms with van der Waals surface area (Å²) in [5, 5.41) is 9.63. The van der Waals surface area contributed by atoms with Crippen LogP contribution >= 0.6 is 24.4 Å². The first kappa shape index (κ1) is 31.2. The predicted octanol–water partition coefficient (Wildman–Crippen LogP) is 11.3. The van der Waals surface area contributed by atoms with Gasteiger partial charge < -0.3 is 4.57 Å². The summed E-state index contributed by atoms with van der Waals surface area (Å²) in [6, 6.07) is 50.2. The van der Waals surface area contributed by atoms with E-state index in [0.717, 1.165) is 38.9 Å². The molecule has 0 atom stereocenters. The Kier molecular flexibility index (Phi) is 7.42. The topological polar surface area (TPSA) is 56.5 Å². The fraction of sp³-hybridized carbons (Fsp3) is 0. The number of hydrogen-bond donors (Lipinski definition) is 0. The molecule has 0 N–H and O–H groups in total. The monoisotopic (exact) mass is 713 g/mol. The molecule has 0 fully saturated rings. The van der Waals surface area contributed by atoms with Crippen molar-refractivity contribution >= 4 is 88.3 Å². The second kappa shape index (κ2) is 12.6. The van der Waals surface area contributed by atoms with E-state index in [0.29, 0.717) is 26.9 Å². The highest BCUT2D eigenvalue weighted by Gasteiger charge is 2.20. The summed E-state index contributed by atoms with van der Waals surface area (Å²) in [5.74, 6) is 0.589. The van der Waals surface area contributed by atoms with E-state index < -0.39 is 0 Å². The third-order valence-electron chi connectivity index (χ3n) is 9.96. The highest BCUT2D eigenvalue weighted by molar-refractivity contribution is 7.90. The van der Waals surface area contributed by atoms with Crippen LogP contribution in [0, 0.1) is 0 Å². The van der Waals surface area contributed by atoms with Gasteiger partial charge >= 0.3 is 0 Å². The van der Waals surface area contributed by atoms with E-state index in [1.807, 2.05) is 42.6 Å². The van der Waals surface area contributed by atoms with Gasteiger partial charge in [0.15, 0.2) is 5.82 Å². The number of para-hydroxylation sites is 1. The van der Waals surface area contributed by atoms with Crippen LogP contribution in [0.5, 0.6) is 0 Å². The highest BCUT2D eigenvalue weighted by atomic mass is 32.1. The lowest BCUT2D eigenvalue weighted by molar-refractivity contribution is 1.14. The van der Waals surface area contributed by atoms with Crippen LogP contribution in [0.3, 0.4) is 0 Å². The average Bonchev–Trinajstić information content (AvgIpc) is 3.59. The molecule has 0 aliphatic rings. The van der Waals surface area contributed by atoms with Gasteiger partial charge in [-0.05, 0) is 63.3 Å². The largest absolute Gasteiger partial charge is 0.307 e. The van der Waals surface area contributed by atoms with Gasteiger partial charge in [-0.2, -0.15) is 0 Å². The molecule has 5 nitrogen and oxygen atoms in total. The van der Waals surface area contributed by atoms with Gasteiger partial charge in [-0.15, -0.1) is 0 Å². The first-order chi connectivity index (χ1) is 26.1. The molecule has 0 saturated heterocycles. The molecular weight excluding hydrogens is 687 g/mol. The average molecular weight is 714 g/mol. The minimum Gasteiger partial charge on any atom is -0.307 e. The van der Waals surface area contributed by atoms with Gasteiger partial charge in [0, 0.05) is 39.7 Å². The summed E-state index contributed by atoms with van der Waals surface area (Å²) in [7, 11) is 0. The predicted molar refractivity (Wildman–Crippen MR) is 225 cm³/mol. The molecule has 248 valence electrons. The van der Waals surface area contributed by atoms with Gasteiger partial charge in [-0.1, -0.05) is 134 Å². The molecule has 0 unspecified atom stereocenters. The van der Waals surface area contributed by atoms with Gasteiger partial charge in [0.05, 0.1) is 49.7 Å². The second-order valence-electron chi connectivity index (χ2n) is 13.0. The third-order valence-corrected chi connectivity index (χ3v) is 10.9. The molecule has 10 aromatic rings. The Morgan fingerprint density at radius 3 is 1.85 bits per heavy atom. The molecule has 4 heterocycles. The van der Waals surface area contributed by atoms with E-state index in [1.165, 1.54) is 37.7 Å². The van der Waals surface area contributed by atoms with E-state index >= 15 is 0 Å². The van der Waals surface area contributed by atoms with E-state index in [9.17, 15) is 0 Å². The molecule has 53 heavy (non-hydrogen) atoms. The summed E-state index contributed by atoms with van der Waals surface area (Å²) in [5.41, 5.74) is 7.15. The van der Waals surface area contributed by atoms with Crippen molar-refractivity contribution in [3.8, 4) is 28.3 Å². The lowest BCUT2D eigenvalue weighted by atomic mass is 9.97. The quantitative estimate of drug-likeness (QED) is 0.0971. The van der Waals surface area contributed by atoms with Gasteiger partial charge in [0.2, 0.25) is 0 Å². The highest BCUT2D eigenvalue weighted by Crippen LogP contribution is 2.42. The second-order valence-corrected chi connectivity index (χ2v) is 13.8. The minimum absolute atomic E-state index is 0.464. The summed E-state index contributed by atoms with van der Waals surface area (Å²) < 4.78 is 2.31. The molecule has 0 aliphatic carbocycles. The van der Waals surface area contributed by atoms with E-state index in [1.54, 1.807) is 12.4 Å². The van der Waals surface area contributed by atoms with E-state index in [4.69, 9.17) is 39.4 Å². The Labute approximate surface area is 315 Å². The van der Waals surface area contributed by atoms with Crippen LogP contribution in [0.2, 0.25) is 0 Å². The maximum Gasteiger partial charge on any atom is 0.161 e. The molecule has 10 rings (SSSR count). The Bertz CT molecular complexity index is 3090. The molecule has 0 amide bonds. The zero-order valence-corrected chi connectivity index (χ0v) is 29.8. The molecule has 6 aromatic carbocycles. The van der Waals surface area contributed by atoms with Crippen LogP contribution in [-0.4, -0.2) is 34.2 Å². The van der Waals surface area contributed by atoms with Gasteiger partial charge in [-0.3, -0.25) is 9.97 Å². The van der Waals surface area contributed by atoms with Crippen molar-refractivity contribution in [1.29, 1.82) is 0 Å². The number of hydrogen-bond acceptors (Lipinski definition) is 6. The summed E-state index contributed by atoms with van der Waals surface area (Å²) >= 11 is 11.8. The smallest absolute Gasteiger partial charge is 0.161 e. The Hall–Kier alpha value is -6.54. The van der Waals surface area contributed by atoms with Crippen LogP contribution in [-0.2, 0) is 0 Å². The van der Waals surface area contributed by atoms with Crippen molar-refractivity contribution in [2.75, 3.05) is 0 Å². The normalized spacial score (nSPS) is 11.5. The van der Waals surface area contributed by atoms with Crippen molar-refractivity contribution in [1.82, 2.24) is 24.5 Å². The van der Waals surface area contributed by atoms with Crippen LogP contribution in [0.25, 0.3) is 82.5 Å². The van der Waals surface area contributed by atoms with Gasteiger partial charge in [-0.25, -0.2) is 9.97 Å². The van der Waals surface area contributed by atoms with Crippen LogP contribution < -0.4 is 0 Å². The number of fused-ring (bicyclic) bond motifs is 9. The molecule has 0 saturated carbocycles. The van der Waals surface area contributed by atoms with Crippen LogP contribution in [0.1, 0.15) is 11.4 Å². The maximum atomic E-state index is 5.90. The van der Waals surface area contributed by atoms with Gasteiger partial charge in [0.25, 0.3) is 0 Å². The number of nitrogens with zero attached hydrogens (tertiary/aromatic N) is 5. The van der Waals surface area contributed by atoms with Crippen LogP contribution in [0.4, 0.5) is 0 Å². The molecule has 4 aromatic heterocycles. The zero-order chi connectivity index (χ0) is 35.5. The lowest BCUT2D eigenvalue weighted by Gasteiger charge is -2.12. The van der Waals surface area contributed by atoms with Crippen molar-refractivity contribution in [3.63, 3.8) is 0 Å². The maximum absolute atomic E-state index is 5.90. The first-order valence-electron chi connectivity index (χ1n) is 17.3. The van der Waals surface area contributed by atoms with Gasteiger partial charge in [0.1, 0.15) is 0 Å². The van der Waals surface area contributed by atoms with E-state index in [-0.39, 0.29) is 0 Å². The van der Waals surface area contributed by atoms with Crippen molar-refractivity contribution in [2.24, 2.45) is 0 Å². The molecule has 0 aliphatic heterocycles. The molecule has 0 bridgehead atoms. The molecular formula is C46H27N5S2. The van der Waals surface area contributed by atoms with Crippen LogP contribution in [0.15, 0.2) is 164 Å². The fourth-order valence-electron chi connectivity index (χ4n) is 7.54. The molecule has 7 heteroatoms. The number of thiocarbonyl (C=S) groups is 2. The van der Waals surface area contributed by atoms with Crippen molar-refractivity contribution in [3.05, 3.63) is 176 Å². The lowest BCUT2D eigenvalue weighted by Crippen LogP contribution is -2.15. The molecule has 0 radical (unpaired) electrons. The Morgan fingerprint density at radius 1 is 0.491 bits per heavy atom. The number of rotatable bonds is 6. The van der Waals surface area contributed by atoms with Crippen molar-refractivity contribution in [2.45, 2.75) is 0 Å². The zero-order valence-electron chi connectivity index (χ0n) is 28.1. The Morgan fingerprint density at radius 2 is 1.11 bits per heavy atom. The third kappa shape index (κ3) is 5.12. The van der Waals surface area contributed by atoms with Crippen molar-refractivity contribution < 1.29 is 0 Å². The number of pyridine rings is 2. The minimum atomic E-state index is 0.464. The molecule has 0 spiro atoms. The number of benzene rings is 6. The summed E-state index contributed by atoms with van der Waals surface area (Å²) in [6.07, 6.45) is 5.42. The SMILES string of the molecule is S=C(C(=S)c1ccc(-n2c3ccccc3c3c4ccccc4c4ccccc4c32)cn1)c1ccc(-c2nccc(-c3cccc4ccccc34)n2)cn1. The Balaban J connectivity index is 0.973. The van der Waals surface area contributed by atoms with E-state index in [2.05, 4.69) is 119 Å². The summed E-state index contributed by atoms with van der Waals surface area (Å²) in [6.45, 7) is 0. The number of aromatic nitrogens is 5. The standard InChI is InChI=1S/C46H27N5S2/c52-44(39-22-20-29(26-48-39)46-47-25-24-38(50-46)34-18-9-11-28-10-1-2-12-31(28)34)45(53)40-23-21-30(27-49-40)51-41-19-8-7-17-37(41)42-35-15-5-3-13-32(35)33-14-4-6-16-36(33)43(42)51/h1-27H. The fourth-order valence-corrected chi connectivity index (χ4v) is 7.99. The summed E-state index contributed by atoms with van der Waals surface area (Å²) in [4.78, 5) is 19.9. The first-order valence-corrected chi connectivity index (χ1v) is 18.1.